The highest BCUT2D eigenvalue weighted by Gasteiger charge is 2.48. The molecule has 2 aliphatic heterocycles. The zero-order valence-corrected chi connectivity index (χ0v) is 21.5. The summed E-state index contributed by atoms with van der Waals surface area (Å²) in [7, 11) is 5.27. The van der Waals surface area contributed by atoms with Crippen LogP contribution in [0.4, 0.5) is 4.79 Å². The van der Waals surface area contributed by atoms with Crippen LogP contribution in [0.5, 0.6) is 11.5 Å². The quantitative estimate of drug-likeness (QED) is 0.506. The number of likely N-dealkylation sites (tertiary alicyclic amines) is 1. The highest BCUT2D eigenvalue weighted by Crippen LogP contribution is 2.44. The molecule has 2 aliphatic rings. The van der Waals surface area contributed by atoms with Gasteiger partial charge in [0.05, 0.1) is 12.6 Å². The molecule has 8 heteroatoms. The molecule has 0 bridgehead atoms. The van der Waals surface area contributed by atoms with Gasteiger partial charge in [0.1, 0.15) is 18.1 Å². The molecule has 2 aromatic carbocycles. The molecule has 0 radical (unpaired) electrons. The molecule has 1 saturated heterocycles. The molecule has 0 aliphatic carbocycles. The maximum atomic E-state index is 12.1. The van der Waals surface area contributed by atoms with Crippen molar-refractivity contribution in [1.82, 2.24) is 25.0 Å². The molecular weight excluding hydrogens is 454 g/mol. The number of rotatable bonds is 8. The van der Waals surface area contributed by atoms with Crippen LogP contribution in [-0.2, 0) is 12.0 Å². The number of methoxy groups -OCH3 is 1. The van der Waals surface area contributed by atoms with Crippen LogP contribution in [0.1, 0.15) is 17.7 Å². The van der Waals surface area contributed by atoms with E-state index in [2.05, 4.69) is 32.2 Å². The van der Waals surface area contributed by atoms with Crippen LogP contribution >= 0.6 is 0 Å². The standard InChI is InChI=1S/C28H37N5O3/c1-31(2)27(34)29-13-16-33-14-11-23-24-19-22(35-3)9-10-25(24)30-26(23)28(33)12-15-32(20-28)17-18-36-21-7-5-4-6-8-21/h4-10,19,30H,11-18,20H2,1-3H3,(H,29,34). The number of urea groups is 1. The summed E-state index contributed by atoms with van der Waals surface area (Å²) in [5, 5.41) is 4.31. The first-order valence-electron chi connectivity index (χ1n) is 12.8. The largest absolute Gasteiger partial charge is 0.497 e. The number of carbonyl (C=O) groups is 1. The second kappa shape index (κ2) is 10.4. The predicted octanol–water partition coefficient (Wildman–Crippen LogP) is 3.29. The Labute approximate surface area is 213 Å². The molecule has 36 heavy (non-hydrogen) atoms. The zero-order chi connectivity index (χ0) is 25.1. The Balaban J connectivity index is 1.37. The van der Waals surface area contributed by atoms with Gasteiger partial charge in [0.2, 0.25) is 0 Å². The first kappa shape index (κ1) is 24.5. The van der Waals surface area contributed by atoms with Crippen molar-refractivity contribution in [3.63, 3.8) is 0 Å². The fourth-order valence-electron chi connectivity index (χ4n) is 5.74. The molecule has 3 heterocycles. The van der Waals surface area contributed by atoms with Crippen molar-refractivity contribution in [3.05, 3.63) is 59.8 Å². The first-order valence-corrected chi connectivity index (χ1v) is 12.8. The van der Waals surface area contributed by atoms with Gasteiger partial charge in [-0.1, -0.05) is 18.2 Å². The highest BCUT2D eigenvalue weighted by atomic mass is 16.5. The number of aromatic nitrogens is 1. The lowest BCUT2D eigenvalue weighted by atomic mass is 9.84. The van der Waals surface area contributed by atoms with Gasteiger partial charge in [-0.3, -0.25) is 9.80 Å². The van der Waals surface area contributed by atoms with E-state index < -0.39 is 0 Å². The van der Waals surface area contributed by atoms with E-state index >= 15 is 0 Å². The number of amides is 2. The van der Waals surface area contributed by atoms with Crippen LogP contribution in [0.15, 0.2) is 48.5 Å². The molecule has 0 saturated carbocycles. The number of ether oxygens (including phenoxy) is 2. The van der Waals surface area contributed by atoms with E-state index in [9.17, 15) is 4.79 Å². The Morgan fingerprint density at radius 3 is 2.72 bits per heavy atom. The monoisotopic (exact) mass is 491 g/mol. The Morgan fingerprint density at radius 1 is 1.11 bits per heavy atom. The Kier molecular flexibility index (Phi) is 7.07. The van der Waals surface area contributed by atoms with Gasteiger partial charge in [-0.05, 0) is 48.7 Å². The third kappa shape index (κ3) is 4.75. The van der Waals surface area contributed by atoms with Gasteiger partial charge in [-0.25, -0.2) is 4.79 Å². The molecule has 8 nitrogen and oxygen atoms in total. The summed E-state index contributed by atoms with van der Waals surface area (Å²) in [6.07, 6.45) is 2.01. The van der Waals surface area contributed by atoms with Crippen molar-refractivity contribution in [2.75, 3.05) is 67.1 Å². The molecule has 1 atom stereocenters. The number of nitrogens with one attached hydrogen (secondary N) is 2. The maximum absolute atomic E-state index is 12.1. The Hall–Kier alpha value is -3.23. The van der Waals surface area contributed by atoms with E-state index in [0.717, 1.165) is 62.6 Å². The van der Waals surface area contributed by atoms with Crippen molar-refractivity contribution in [3.8, 4) is 11.5 Å². The lowest BCUT2D eigenvalue weighted by molar-refractivity contribution is 0.0749. The number of carbonyl (C=O) groups excluding carboxylic acids is 1. The van der Waals surface area contributed by atoms with Crippen molar-refractivity contribution < 1.29 is 14.3 Å². The fourth-order valence-corrected chi connectivity index (χ4v) is 5.74. The van der Waals surface area contributed by atoms with Crippen LogP contribution in [0, 0.1) is 0 Å². The molecule has 2 N–H and O–H groups in total. The van der Waals surface area contributed by atoms with E-state index in [1.807, 2.05) is 36.4 Å². The number of aromatic amines is 1. The summed E-state index contributed by atoms with van der Waals surface area (Å²) < 4.78 is 11.5. The summed E-state index contributed by atoms with van der Waals surface area (Å²) in [5.41, 5.74) is 3.77. The minimum Gasteiger partial charge on any atom is -0.497 e. The molecule has 1 spiro atoms. The molecule has 1 fully saturated rings. The van der Waals surface area contributed by atoms with Crippen molar-refractivity contribution in [1.29, 1.82) is 0 Å². The van der Waals surface area contributed by atoms with Crippen LogP contribution in [-0.4, -0.2) is 92.8 Å². The third-order valence-electron chi connectivity index (χ3n) is 7.63. The van der Waals surface area contributed by atoms with Gasteiger partial charge in [-0.2, -0.15) is 0 Å². The predicted molar refractivity (Wildman–Crippen MR) is 142 cm³/mol. The number of nitrogens with zero attached hydrogens (tertiary/aromatic N) is 3. The molecule has 3 aromatic rings. The number of benzene rings is 2. The number of hydrogen-bond acceptors (Lipinski definition) is 5. The van der Waals surface area contributed by atoms with Crippen molar-refractivity contribution >= 4 is 16.9 Å². The van der Waals surface area contributed by atoms with Gasteiger partial charge in [-0.15, -0.1) is 0 Å². The van der Waals surface area contributed by atoms with Crippen LogP contribution in [0.25, 0.3) is 10.9 Å². The summed E-state index contributed by atoms with van der Waals surface area (Å²) in [6.45, 7) is 5.89. The minimum absolute atomic E-state index is 0.0504. The summed E-state index contributed by atoms with van der Waals surface area (Å²) in [5.74, 6) is 1.80. The molecule has 1 unspecified atom stereocenters. The van der Waals surface area contributed by atoms with Gasteiger partial charge >= 0.3 is 6.03 Å². The number of H-pyrrole nitrogens is 1. The molecule has 1 aromatic heterocycles. The number of hydrogen-bond donors (Lipinski definition) is 2. The number of fused-ring (bicyclic) bond motifs is 4. The fraction of sp³-hybridized carbons (Fsp3) is 0.464. The lowest BCUT2D eigenvalue weighted by Crippen LogP contribution is -2.54. The van der Waals surface area contributed by atoms with Crippen molar-refractivity contribution in [2.24, 2.45) is 0 Å². The normalized spacial score (nSPS) is 20.0. The van der Waals surface area contributed by atoms with E-state index in [1.165, 1.54) is 16.6 Å². The average molecular weight is 492 g/mol. The topological polar surface area (TPSA) is 73.1 Å². The van der Waals surface area contributed by atoms with E-state index in [4.69, 9.17) is 9.47 Å². The summed E-state index contributed by atoms with van der Waals surface area (Å²) in [6, 6.07) is 16.3. The Bertz CT molecular complexity index is 1190. The van der Waals surface area contributed by atoms with Crippen molar-refractivity contribution in [2.45, 2.75) is 18.4 Å². The molecule has 2 amide bonds. The molecule has 5 rings (SSSR count). The second-order valence-electron chi connectivity index (χ2n) is 9.97. The zero-order valence-electron chi connectivity index (χ0n) is 21.5. The Morgan fingerprint density at radius 2 is 1.94 bits per heavy atom. The summed E-state index contributed by atoms with van der Waals surface area (Å²) >= 11 is 0. The number of para-hydroxylation sites is 1. The second-order valence-corrected chi connectivity index (χ2v) is 9.97. The minimum atomic E-state index is -0.116. The van der Waals surface area contributed by atoms with Gasteiger partial charge in [0, 0.05) is 70.0 Å². The van der Waals surface area contributed by atoms with E-state index in [1.54, 1.807) is 26.1 Å². The van der Waals surface area contributed by atoms with Crippen LogP contribution in [0.3, 0.4) is 0 Å². The van der Waals surface area contributed by atoms with Crippen LogP contribution < -0.4 is 14.8 Å². The highest BCUT2D eigenvalue weighted by molar-refractivity contribution is 5.87. The maximum Gasteiger partial charge on any atom is 0.316 e. The van der Waals surface area contributed by atoms with Gasteiger partial charge in [0.25, 0.3) is 0 Å². The lowest BCUT2D eigenvalue weighted by Gasteiger charge is -2.45. The van der Waals surface area contributed by atoms with Gasteiger partial charge in [0.15, 0.2) is 0 Å². The first-order chi connectivity index (χ1) is 17.5. The van der Waals surface area contributed by atoms with E-state index in [0.29, 0.717) is 13.2 Å². The van der Waals surface area contributed by atoms with Crippen LogP contribution in [0.2, 0.25) is 0 Å². The smallest absolute Gasteiger partial charge is 0.316 e. The molecular formula is C28H37N5O3. The van der Waals surface area contributed by atoms with Gasteiger partial charge < -0.3 is 24.7 Å². The SMILES string of the molecule is COc1ccc2[nH]c3c(c2c1)CCN(CCNC(=O)N(C)C)C31CCN(CCOc2ccccc2)C1. The summed E-state index contributed by atoms with van der Waals surface area (Å²) in [4.78, 5) is 22.6. The molecule has 192 valence electrons. The average Bonchev–Trinajstić information content (AvgIpc) is 3.48. The third-order valence-corrected chi connectivity index (χ3v) is 7.63. The van der Waals surface area contributed by atoms with E-state index in [-0.39, 0.29) is 11.6 Å².